The number of hydrogen-bond acceptors (Lipinski definition) is 4. The van der Waals surface area contributed by atoms with E-state index in [4.69, 9.17) is 0 Å². The summed E-state index contributed by atoms with van der Waals surface area (Å²) in [5, 5.41) is 0. The van der Waals surface area contributed by atoms with Gasteiger partial charge in [0.25, 0.3) is 0 Å². The molecule has 33 heavy (non-hydrogen) atoms. The fraction of sp³-hybridized carbons (Fsp3) is 0.385. The number of fused-ring (bicyclic) bond motifs is 1. The molecule has 2 amide bonds. The van der Waals surface area contributed by atoms with Gasteiger partial charge in [0.15, 0.2) is 9.84 Å². The molecule has 0 bridgehead atoms. The summed E-state index contributed by atoms with van der Waals surface area (Å²) in [7, 11) is -3.58. The van der Waals surface area contributed by atoms with E-state index in [0.717, 1.165) is 30.5 Å². The molecule has 1 saturated carbocycles. The highest BCUT2D eigenvalue weighted by Crippen LogP contribution is 2.37. The predicted molar refractivity (Wildman–Crippen MR) is 128 cm³/mol. The van der Waals surface area contributed by atoms with Crippen LogP contribution in [0.25, 0.3) is 5.57 Å². The first-order valence-corrected chi connectivity index (χ1v) is 13.3. The van der Waals surface area contributed by atoms with Crippen molar-refractivity contribution < 1.29 is 18.0 Å². The van der Waals surface area contributed by atoms with E-state index in [9.17, 15) is 18.0 Å². The molecule has 2 heterocycles. The Morgan fingerprint density at radius 2 is 1.76 bits per heavy atom. The van der Waals surface area contributed by atoms with Gasteiger partial charge in [0.05, 0.1) is 10.6 Å². The third-order valence-electron chi connectivity index (χ3n) is 6.79. The minimum Gasteiger partial charge on any atom is -0.339 e. The van der Waals surface area contributed by atoms with Gasteiger partial charge in [0.1, 0.15) is 0 Å². The molecular weight excluding hydrogens is 436 g/mol. The molecule has 1 fully saturated rings. The highest BCUT2D eigenvalue weighted by molar-refractivity contribution is 7.91. The third kappa shape index (κ3) is 4.60. The van der Waals surface area contributed by atoms with E-state index < -0.39 is 9.84 Å². The van der Waals surface area contributed by atoms with E-state index in [2.05, 4.69) is 18.2 Å². The number of anilines is 1. The van der Waals surface area contributed by atoms with Gasteiger partial charge in [-0.25, -0.2) is 8.42 Å². The van der Waals surface area contributed by atoms with Crippen LogP contribution in [0.4, 0.5) is 5.69 Å². The zero-order valence-corrected chi connectivity index (χ0v) is 19.4. The number of rotatable bonds is 6. The van der Waals surface area contributed by atoms with E-state index in [-0.39, 0.29) is 34.8 Å². The monoisotopic (exact) mass is 464 g/mol. The van der Waals surface area contributed by atoms with Crippen LogP contribution in [-0.4, -0.2) is 50.5 Å². The third-order valence-corrected chi connectivity index (χ3v) is 8.50. The van der Waals surface area contributed by atoms with Gasteiger partial charge in [-0.1, -0.05) is 36.4 Å². The molecule has 0 unspecified atom stereocenters. The van der Waals surface area contributed by atoms with Crippen molar-refractivity contribution >= 4 is 32.9 Å². The molecule has 3 aliphatic rings. The molecule has 172 valence electrons. The average Bonchev–Trinajstić information content (AvgIpc) is 3.61. The number of carbonyl (C=O) groups excluding carboxylic acids is 2. The lowest BCUT2D eigenvalue weighted by molar-refractivity contribution is -0.130. The molecule has 2 aromatic rings. The lowest BCUT2D eigenvalue weighted by Crippen LogP contribution is -2.35. The standard InChI is InChI=1S/C26H28N2O4S/c29-25(27-14-10-20(11-15-27)19-4-2-1-3-5-19)13-17-33(31,32)23-8-9-24-22(18-23)12-16-28(24)26(30)21-6-7-21/h1-5,8-10,18,21H,6-7,11-17H2. The second-order valence-corrected chi connectivity index (χ2v) is 11.2. The van der Waals surface area contributed by atoms with Crippen molar-refractivity contribution in [2.75, 3.05) is 30.3 Å². The smallest absolute Gasteiger partial charge is 0.230 e. The lowest BCUT2D eigenvalue weighted by atomic mass is 9.99. The fourth-order valence-corrected chi connectivity index (χ4v) is 5.94. The summed E-state index contributed by atoms with van der Waals surface area (Å²) in [6.07, 6.45) is 5.36. The second-order valence-electron chi connectivity index (χ2n) is 9.06. The van der Waals surface area contributed by atoms with Crippen LogP contribution in [0.3, 0.4) is 0 Å². The van der Waals surface area contributed by atoms with E-state index in [1.54, 1.807) is 28.0 Å². The quantitative estimate of drug-likeness (QED) is 0.656. The van der Waals surface area contributed by atoms with E-state index >= 15 is 0 Å². The summed E-state index contributed by atoms with van der Waals surface area (Å²) >= 11 is 0. The summed E-state index contributed by atoms with van der Waals surface area (Å²) < 4.78 is 25.9. The number of carbonyl (C=O) groups is 2. The van der Waals surface area contributed by atoms with Gasteiger partial charge in [0, 0.05) is 37.7 Å². The van der Waals surface area contributed by atoms with Gasteiger partial charge >= 0.3 is 0 Å². The molecule has 2 aliphatic heterocycles. The van der Waals surface area contributed by atoms with Crippen LogP contribution in [0, 0.1) is 5.92 Å². The van der Waals surface area contributed by atoms with Crippen molar-refractivity contribution in [1.29, 1.82) is 0 Å². The first-order valence-electron chi connectivity index (χ1n) is 11.6. The van der Waals surface area contributed by atoms with Crippen LogP contribution in [0.2, 0.25) is 0 Å². The Morgan fingerprint density at radius 1 is 0.970 bits per heavy atom. The molecule has 5 rings (SSSR count). The van der Waals surface area contributed by atoms with Gasteiger partial charge in [-0.3, -0.25) is 9.59 Å². The van der Waals surface area contributed by atoms with Crippen molar-refractivity contribution in [3.63, 3.8) is 0 Å². The van der Waals surface area contributed by atoms with E-state index in [0.29, 0.717) is 26.1 Å². The molecule has 0 atom stereocenters. The molecule has 2 aromatic carbocycles. The molecule has 0 spiro atoms. The maximum Gasteiger partial charge on any atom is 0.230 e. The lowest BCUT2D eigenvalue weighted by Gasteiger charge is -2.26. The first kappa shape index (κ1) is 21.9. The van der Waals surface area contributed by atoms with Gasteiger partial charge in [-0.05, 0) is 60.6 Å². The molecule has 7 heteroatoms. The van der Waals surface area contributed by atoms with Gasteiger partial charge in [-0.15, -0.1) is 0 Å². The van der Waals surface area contributed by atoms with Crippen LogP contribution in [0.1, 0.15) is 36.8 Å². The minimum absolute atomic E-state index is 0.0276. The van der Waals surface area contributed by atoms with Crippen LogP contribution in [-0.2, 0) is 25.8 Å². The summed E-state index contributed by atoms with van der Waals surface area (Å²) in [6.45, 7) is 1.72. The fourth-order valence-electron chi connectivity index (χ4n) is 4.66. The van der Waals surface area contributed by atoms with Crippen molar-refractivity contribution in [3.05, 3.63) is 65.7 Å². The number of benzene rings is 2. The largest absolute Gasteiger partial charge is 0.339 e. The molecule has 0 saturated heterocycles. The Balaban J connectivity index is 1.20. The molecule has 0 aromatic heterocycles. The number of hydrogen-bond donors (Lipinski definition) is 0. The first-order chi connectivity index (χ1) is 15.9. The summed E-state index contributed by atoms with van der Waals surface area (Å²) in [4.78, 5) is 28.9. The Hall–Kier alpha value is -2.93. The molecular formula is C26H28N2O4S. The second kappa shape index (κ2) is 8.78. The Labute approximate surface area is 194 Å². The normalized spacial score (nSPS) is 18.1. The minimum atomic E-state index is -3.58. The summed E-state index contributed by atoms with van der Waals surface area (Å²) in [6, 6.07) is 15.1. The molecule has 0 radical (unpaired) electrons. The van der Waals surface area contributed by atoms with Gasteiger partial charge in [0.2, 0.25) is 11.8 Å². The average molecular weight is 465 g/mol. The maximum atomic E-state index is 12.9. The van der Waals surface area contributed by atoms with Crippen molar-refractivity contribution in [3.8, 4) is 0 Å². The SMILES string of the molecule is O=C(CCS(=O)(=O)c1ccc2c(c1)CCN2C(=O)C1CC1)N1CC=C(c2ccccc2)CC1. The van der Waals surface area contributed by atoms with Crippen LogP contribution < -0.4 is 4.90 Å². The molecule has 1 aliphatic carbocycles. The summed E-state index contributed by atoms with van der Waals surface area (Å²) in [5.41, 5.74) is 4.11. The van der Waals surface area contributed by atoms with Crippen molar-refractivity contribution in [2.45, 2.75) is 37.0 Å². The van der Waals surface area contributed by atoms with E-state index in [1.165, 1.54) is 11.1 Å². The number of nitrogens with zero attached hydrogens (tertiary/aromatic N) is 2. The topological polar surface area (TPSA) is 74.8 Å². The zero-order valence-electron chi connectivity index (χ0n) is 18.6. The Morgan fingerprint density at radius 3 is 2.45 bits per heavy atom. The molecule has 6 nitrogen and oxygen atoms in total. The number of sulfone groups is 1. The van der Waals surface area contributed by atoms with Crippen molar-refractivity contribution in [1.82, 2.24) is 4.90 Å². The van der Waals surface area contributed by atoms with Crippen molar-refractivity contribution in [2.24, 2.45) is 5.92 Å². The highest BCUT2D eigenvalue weighted by atomic mass is 32.2. The summed E-state index contributed by atoms with van der Waals surface area (Å²) in [5.74, 6) is -0.0507. The van der Waals surface area contributed by atoms with Gasteiger partial charge < -0.3 is 9.80 Å². The Kier molecular flexibility index (Phi) is 5.83. The van der Waals surface area contributed by atoms with Crippen LogP contribution >= 0.6 is 0 Å². The number of amides is 2. The molecule has 0 N–H and O–H groups in total. The Bertz CT molecular complexity index is 1220. The van der Waals surface area contributed by atoms with E-state index in [1.807, 2.05) is 18.2 Å². The van der Waals surface area contributed by atoms with Gasteiger partial charge in [-0.2, -0.15) is 0 Å². The zero-order chi connectivity index (χ0) is 23.0. The maximum absolute atomic E-state index is 12.9. The predicted octanol–water partition coefficient (Wildman–Crippen LogP) is 3.47. The van der Waals surface area contributed by atoms with Crippen LogP contribution in [0.15, 0.2) is 59.5 Å². The van der Waals surface area contributed by atoms with Crippen LogP contribution in [0.5, 0.6) is 0 Å². The highest BCUT2D eigenvalue weighted by Gasteiger charge is 2.36.